The number of rotatable bonds is 10. The van der Waals surface area contributed by atoms with Gasteiger partial charge in [-0.3, -0.25) is 4.79 Å². The number of hydrogen-bond acceptors (Lipinski definition) is 2. The van der Waals surface area contributed by atoms with E-state index in [-0.39, 0.29) is 5.43 Å². The van der Waals surface area contributed by atoms with E-state index < -0.39 is 0 Å². The third kappa shape index (κ3) is 5.12. The van der Waals surface area contributed by atoms with E-state index in [9.17, 15) is 10.0 Å². The Morgan fingerprint density at radius 2 is 1.52 bits per heavy atom. The Morgan fingerprint density at radius 1 is 0.913 bits per heavy atom. The lowest BCUT2D eigenvalue weighted by Crippen LogP contribution is -2.12. The number of para-hydroxylation sites is 1. The SMILES string of the molecule is CCCCCCCCCCCc1cc(=O)c2ccccc2n1O. The average molecular weight is 315 g/mol. The fourth-order valence-electron chi connectivity index (χ4n) is 3.11. The van der Waals surface area contributed by atoms with Gasteiger partial charge >= 0.3 is 0 Å². The summed E-state index contributed by atoms with van der Waals surface area (Å²) < 4.78 is 1.18. The summed E-state index contributed by atoms with van der Waals surface area (Å²) in [6.45, 7) is 2.24. The fourth-order valence-corrected chi connectivity index (χ4v) is 3.11. The third-order valence-electron chi connectivity index (χ3n) is 4.50. The molecule has 0 saturated heterocycles. The highest BCUT2D eigenvalue weighted by Crippen LogP contribution is 2.14. The molecule has 0 amide bonds. The van der Waals surface area contributed by atoms with Crippen LogP contribution in [0.4, 0.5) is 0 Å². The van der Waals surface area contributed by atoms with E-state index >= 15 is 0 Å². The lowest BCUT2D eigenvalue weighted by molar-refractivity contribution is 0.187. The van der Waals surface area contributed by atoms with Gasteiger partial charge in [-0.2, -0.15) is 4.73 Å². The number of unbranched alkanes of at least 4 members (excludes halogenated alkanes) is 8. The van der Waals surface area contributed by atoms with Crippen LogP contribution in [0.3, 0.4) is 0 Å². The van der Waals surface area contributed by atoms with Gasteiger partial charge < -0.3 is 5.21 Å². The monoisotopic (exact) mass is 315 g/mol. The number of aromatic nitrogens is 1. The van der Waals surface area contributed by atoms with E-state index in [0.29, 0.717) is 10.9 Å². The zero-order chi connectivity index (χ0) is 16.5. The molecule has 0 atom stereocenters. The minimum absolute atomic E-state index is 0.00294. The number of nitrogens with zero attached hydrogens (tertiary/aromatic N) is 1. The van der Waals surface area contributed by atoms with Crippen molar-refractivity contribution in [2.24, 2.45) is 0 Å². The Bertz CT molecular complexity index is 660. The summed E-state index contributed by atoms with van der Waals surface area (Å²) in [7, 11) is 0. The standard InChI is InChI=1S/C20H29NO2/c1-2-3-4-5-6-7-8-9-10-13-17-16-20(22)18-14-11-12-15-19(18)21(17)23/h11-12,14-16,23H,2-10,13H2,1H3. The van der Waals surface area contributed by atoms with Crippen LogP contribution in [-0.4, -0.2) is 9.94 Å². The molecular weight excluding hydrogens is 286 g/mol. The number of aryl methyl sites for hydroxylation is 1. The molecule has 3 heteroatoms. The van der Waals surface area contributed by atoms with Crippen LogP contribution < -0.4 is 5.43 Å². The Balaban J connectivity index is 1.77. The summed E-state index contributed by atoms with van der Waals surface area (Å²) in [6, 6.07) is 8.79. The van der Waals surface area contributed by atoms with Crippen molar-refractivity contribution < 1.29 is 5.21 Å². The zero-order valence-corrected chi connectivity index (χ0v) is 14.3. The summed E-state index contributed by atoms with van der Waals surface area (Å²) in [4.78, 5) is 12.1. The van der Waals surface area contributed by atoms with Crippen molar-refractivity contribution in [1.82, 2.24) is 4.73 Å². The Hall–Kier alpha value is -1.77. The van der Waals surface area contributed by atoms with Gasteiger partial charge in [-0.05, 0) is 25.0 Å². The molecule has 0 radical (unpaired) electrons. The van der Waals surface area contributed by atoms with Gasteiger partial charge in [0, 0.05) is 11.5 Å². The van der Waals surface area contributed by atoms with Crippen LogP contribution in [0, 0.1) is 0 Å². The highest BCUT2D eigenvalue weighted by molar-refractivity contribution is 5.78. The van der Waals surface area contributed by atoms with Crippen molar-refractivity contribution >= 4 is 10.9 Å². The van der Waals surface area contributed by atoms with Crippen molar-refractivity contribution in [2.75, 3.05) is 0 Å². The van der Waals surface area contributed by atoms with E-state index in [0.717, 1.165) is 25.0 Å². The molecule has 0 aliphatic heterocycles. The second-order valence-corrected chi connectivity index (χ2v) is 6.41. The molecule has 0 saturated carbocycles. The van der Waals surface area contributed by atoms with Gasteiger partial charge in [-0.15, -0.1) is 0 Å². The molecule has 2 aromatic rings. The van der Waals surface area contributed by atoms with Gasteiger partial charge in [0.05, 0.1) is 11.2 Å². The number of benzene rings is 1. The van der Waals surface area contributed by atoms with Crippen molar-refractivity contribution in [3.05, 3.63) is 46.2 Å². The summed E-state index contributed by atoms with van der Waals surface area (Å²) in [5, 5.41) is 10.8. The zero-order valence-electron chi connectivity index (χ0n) is 14.3. The highest BCUT2D eigenvalue weighted by atomic mass is 16.5. The lowest BCUT2D eigenvalue weighted by atomic mass is 10.1. The minimum atomic E-state index is -0.00294. The largest absolute Gasteiger partial charge is 0.428 e. The molecule has 0 spiro atoms. The molecule has 0 unspecified atom stereocenters. The molecule has 1 heterocycles. The van der Waals surface area contributed by atoms with Crippen LogP contribution in [0.5, 0.6) is 0 Å². The average Bonchev–Trinajstić information content (AvgIpc) is 2.57. The number of pyridine rings is 1. The van der Waals surface area contributed by atoms with Crippen LogP contribution >= 0.6 is 0 Å². The smallest absolute Gasteiger partial charge is 0.189 e. The van der Waals surface area contributed by atoms with E-state index in [1.807, 2.05) is 12.1 Å². The topological polar surface area (TPSA) is 42.2 Å². The van der Waals surface area contributed by atoms with Crippen molar-refractivity contribution in [3.63, 3.8) is 0 Å². The molecule has 0 bridgehead atoms. The second-order valence-electron chi connectivity index (χ2n) is 6.41. The van der Waals surface area contributed by atoms with Crippen molar-refractivity contribution in [3.8, 4) is 0 Å². The van der Waals surface area contributed by atoms with E-state index in [1.165, 1.54) is 49.7 Å². The van der Waals surface area contributed by atoms with Gasteiger partial charge in [0.1, 0.15) is 0 Å². The van der Waals surface area contributed by atoms with Crippen LogP contribution in [0.1, 0.15) is 70.4 Å². The fraction of sp³-hybridized carbons (Fsp3) is 0.550. The van der Waals surface area contributed by atoms with E-state index in [4.69, 9.17) is 0 Å². The maximum absolute atomic E-state index is 12.1. The van der Waals surface area contributed by atoms with Gasteiger partial charge in [0.15, 0.2) is 5.43 Å². The van der Waals surface area contributed by atoms with Crippen LogP contribution in [0.15, 0.2) is 35.1 Å². The summed E-state index contributed by atoms with van der Waals surface area (Å²) in [6.07, 6.45) is 12.2. The molecule has 23 heavy (non-hydrogen) atoms. The maximum atomic E-state index is 12.1. The minimum Gasteiger partial charge on any atom is -0.428 e. The maximum Gasteiger partial charge on any atom is 0.189 e. The molecule has 0 aliphatic rings. The summed E-state index contributed by atoms with van der Waals surface area (Å²) in [5.74, 6) is 0. The summed E-state index contributed by atoms with van der Waals surface area (Å²) >= 11 is 0. The van der Waals surface area contributed by atoms with Crippen molar-refractivity contribution in [1.29, 1.82) is 0 Å². The predicted molar refractivity (Wildman–Crippen MR) is 96.3 cm³/mol. The van der Waals surface area contributed by atoms with Gasteiger partial charge in [0.25, 0.3) is 0 Å². The van der Waals surface area contributed by atoms with Crippen LogP contribution in [0.2, 0.25) is 0 Å². The molecular formula is C20H29NO2. The quantitative estimate of drug-likeness (QED) is 0.477. The van der Waals surface area contributed by atoms with Crippen molar-refractivity contribution in [2.45, 2.75) is 71.1 Å². The van der Waals surface area contributed by atoms with E-state index in [1.54, 1.807) is 18.2 Å². The van der Waals surface area contributed by atoms with Crippen LogP contribution in [0.25, 0.3) is 10.9 Å². The normalized spacial score (nSPS) is 11.2. The number of hydrogen-bond donors (Lipinski definition) is 1. The highest BCUT2D eigenvalue weighted by Gasteiger charge is 2.07. The number of fused-ring (bicyclic) bond motifs is 1. The molecule has 1 N–H and O–H groups in total. The molecule has 3 nitrogen and oxygen atoms in total. The first-order valence-corrected chi connectivity index (χ1v) is 9.07. The molecule has 1 aromatic heterocycles. The van der Waals surface area contributed by atoms with Gasteiger partial charge in [-0.25, -0.2) is 0 Å². The van der Waals surface area contributed by atoms with Gasteiger partial charge in [0.2, 0.25) is 0 Å². The molecule has 0 aliphatic carbocycles. The first kappa shape index (κ1) is 17.6. The van der Waals surface area contributed by atoms with Gasteiger partial charge in [-0.1, -0.05) is 70.4 Å². The Morgan fingerprint density at radius 3 is 2.22 bits per heavy atom. The molecule has 1 aromatic carbocycles. The molecule has 126 valence electrons. The summed E-state index contributed by atoms with van der Waals surface area (Å²) in [5.41, 5.74) is 1.32. The van der Waals surface area contributed by atoms with Crippen LogP contribution in [-0.2, 0) is 6.42 Å². The second kappa shape index (κ2) is 9.39. The third-order valence-corrected chi connectivity index (χ3v) is 4.50. The lowest BCUT2D eigenvalue weighted by Gasteiger charge is -2.10. The molecule has 2 rings (SSSR count). The Labute approximate surface area is 138 Å². The first-order chi connectivity index (χ1) is 11.2. The van der Waals surface area contributed by atoms with E-state index in [2.05, 4.69) is 6.92 Å². The first-order valence-electron chi connectivity index (χ1n) is 9.07. The molecule has 0 fully saturated rings. The Kier molecular flexibility index (Phi) is 7.18. The predicted octanol–water partition coefficient (Wildman–Crippen LogP) is 5.31.